The molecular weight excluding hydrogens is 481 g/mol. The molecule has 0 saturated carbocycles. The van der Waals surface area contributed by atoms with Crippen molar-refractivity contribution in [3.63, 3.8) is 0 Å². The molecule has 2 fully saturated rings. The third-order valence-corrected chi connectivity index (χ3v) is 5.27. The van der Waals surface area contributed by atoms with E-state index in [1.54, 1.807) is 0 Å². The zero-order valence-electron chi connectivity index (χ0n) is 17.2. The monoisotopic (exact) mass is 513 g/mol. The zero-order valence-corrected chi connectivity index (χ0v) is 19.5. The number of aliphatic imine (C=N–C) groups is 1. The number of guanidine groups is 1. The molecule has 8 heteroatoms. The Labute approximate surface area is 190 Å². The minimum absolute atomic E-state index is 0. The first kappa shape index (κ1) is 23.4. The molecule has 160 valence electrons. The molecule has 2 saturated heterocycles. The van der Waals surface area contributed by atoms with Crippen molar-refractivity contribution in [2.75, 3.05) is 32.7 Å². The fraction of sp³-hybridized carbons (Fsp3) is 0.571. The average Bonchev–Trinajstić information content (AvgIpc) is 3.37. The van der Waals surface area contributed by atoms with Crippen LogP contribution < -0.4 is 10.6 Å². The summed E-state index contributed by atoms with van der Waals surface area (Å²) in [6.07, 6.45) is 3.78. The maximum absolute atomic E-state index is 12.2. The van der Waals surface area contributed by atoms with E-state index in [1.165, 1.54) is 0 Å². The van der Waals surface area contributed by atoms with Gasteiger partial charge in [0.05, 0.1) is 13.1 Å². The highest BCUT2D eigenvalue weighted by molar-refractivity contribution is 14.0. The number of nitrogens with zero attached hydrogens (tertiary/aromatic N) is 3. The molecule has 2 amide bonds. The van der Waals surface area contributed by atoms with Crippen LogP contribution in [0.1, 0.15) is 43.7 Å². The van der Waals surface area contributed by atoms with Crippen LogP contribution in [0.15, 0.2) is 29.3 Å². The molecule has 1 aromatic carbocycles. The second kappa shape index (κ2) is 12.0. The van der Waals surface area contributed by atoms with E-state index >= 15 is 0 Å². The Bertz CT molecular complexity index is 719. The van der Waals surface area contributed by atoms with Gasteiger partial charge in [-0.25, -0.2) is 4.99 Å². The van der Waals surface area contributed by atoms with Crippen molar-refractivity contribution in [3.05, 3.63) is 35.4 Å². The number of carbonyl (C=O) groups is 2. The normalized spacial score (nSPS) is 16.7. The van der Waals surface area contributed by atoms with E-state index in [2.05, 4.69) is 27.8 Å². The Balaban J connectivity index is 0.00000300. The number of halogens is 1. The summed E-state index contributed by atoms with van der Waals surface area (Å²) in [6, 6.07) is 8.12. The molecule has 0 aliphatic carbocycles. The summed E-state index contributed by atoms with van der Waals surface area (Å²) in [5.41, 5.74) is 2.23. The van der Waals surface area contributed by atoms with Gasteiger partial charge in [0.25, 0.3) is 0 Å². The summed E-state index contributed by atoms with van der Waals surface area (Å²) in [4.78, 5) is 32.7. The predicted molar refractivity (Wildman–Crippen MR) is 125 cm³/mol. The number of carbonyl (C=O) groups excluding carboxylic acids is 2. The lowest BCUT2D eigenvalue weighted by Gasteiger charge is -2.18. The maximum atomic E-state index is 12.2. The van der Waals surface area contributed by atoms with E-state index < -0.39 is 0 Å². The molecule has 2 heterocycles. The van der Waals surface area contributed by atoms with Crippen LogP contribution in [0.4, 0.5) is 0 Å². The Morgan fingerprint density at radius 1 is 1.07 bits per heavy atom. The summed E-state index contributed by atoms with van der Waals surface area (Å²) < 4.78 is 0. The fourth-order valence-corrected chi connectivity index (χ4v) is 3.69. The number of hydrogen-bond acceptors (Lipinski definition) is 3. The maximum Gasteiger partial charge on any atom is 0.241 e. The van der Waals surface area contributed by atoms with Gasteiger partial charge in [-0.1, -0.05) is 24.3 Å². The van der Waals surface area contributed by atoms with Crippen LogP contribution in [-0.2, 0) is 22.7 Å². The van der Waals surface area contributed by atoms with Gasteiger partial charge < -0.3 is 20.4 Å². The first-order valence-corrected chi connectivity index (χ1v) is 10.3. The van der Waals surface area contributed by atoms with Crippen LogP contribution in [0.2, 0.25) is 0 Å². The minimum atomic E-state index is 0. The van der Waals surface area contributed by atoms with Crippen LogP contribution >= 0.6 is 24.0 Å². The number of benzene rings is 1. The van der Waals surface area contributed by atoms with Gasteiger partial charge in [0.2, 0.25) is 11.8 Å². The number of nitrogens with one attached hydrogen (secondary N) is 2. The van der Waals surface area contributed by atoms with Gasteiger partial charge in [-0.2, -0.15) is 0 Å². The van der Waals surface area contributed by atoms with Gasteiger partial charge >= 0.3 is 0 Å². The minimum Gasteiger partial charge on any atom is -0.357 e. The van der Waals surface area contributed by atoms with Crippen molar-refractivity contribution in [1.82, 2.24) is 20.4 Å². The molecule has 0 aromatic heterocycles. The zero-order chi connectivity index (χ0) is 19.8. The van der Waals surface area contributed by atoms with Crippen molar-refractivity contribution >= 4 is 41.8 Å². The van der Waals surface area contributed by atoms with E-state index in [9.17, 15) is 9.59 Å². The molecule has 2 aliphatic heterocycles. The summed E-state index contributed by atoms with van der Waals surface area (Å²) in [5.74, 6) is 0.992. The quantitative estimate of drug-likeness (QED) is 0.333. The highest BCUT2D eigenvalue weighted by Gasteiger charge is 2.21. The van der Waals surface area contributed by atoms with E-state index in [1.807, 2.05) is 28.9 Å². The molecule has 0 spiro atoms. The van der Waals surface area contributed by atoms with Gasteiger partial charge in [0.1, 0.15) is 0 Å². The van der Waals surface area contributed by atoms with Crippen LogP contribution in [0, 0.1) is 0 Å². The van der Waals surface area contributed by atoms with Gasteiger partial charge in [0, 0.05) is 39.1 Å². The molecule has 0 unspecified atom stereocenters. The number of likely N-dealkylation sites (tertiary alicyclic amines) is 2. The Morgan fingerprint density at radius 3 is 2.45 bits per heavy atom. The summed E-state index contributed by atoms with van der Waals surface area (Å²) in [6.45, 7) is 6.69. The molecule has 0 bridgehead atoms. The second-order valence-electron chi connectivity index (χ2n) is 7.32. The Kier molecular flexibility index (Phi) is 9.69. The third kappa shape index (κ3) is 6.87. The van der Waals surface area contributed by atoms with Gasteiger partial charge in [0.15, 0.2) is 5.96 Å². The smallest absolute Gasteiger partial charge is 0.241 e. The lowest BCUT2D eigenvalue weighted by atomic mass is 10.1. The topological polar surface area (TPSA) is 77.0 Å². The summed E-state index contributed by atoms with van der Waals surface area (Å²) in [5, 5.41) is 6.35. The summed E-state index contributed by atoms with van der Waals surface area (Å²) >= 11 is 0. The molecule has 2 N–H and O–H groups in total. The van der Waals surface area contributed by atoms with E-state index in [4.69, 9.17) is 0 Å². The molecular formula is C21H32IN5O2. The first-order chi connectivity index (χ1) is 13.7. The van der Waals surface area contributed by atoms with Gasteiger partial charge in [-0.05, 0) is 37.3 Å². The molecule has 7 nitrogen and oxygen atoms in total. The van der Waals surface area contributed by atoms with E-state index in [-0.39, 0.29) is 42.3 Å². The molecule has 0 atom stereocenters. The lowest BCUT2D eigenvalue weighted by Crippen LogP contribution is -2.44. The van der Waals surface area contributed by atoms with Crippen LogP contribution in [0.25, 0.3) is 0 Å². The first-order valence-electron chi connectivity index (χ1n) is 10.3. The largest absolute Gasteiger partial charge is 0.357 e. The standard InChI is InChI=1S/C21H31N5O2.HI/c1-2-22-21(24-15-20(28)25-11-5-6-12-25)23-14-17-8-3-4-9-18(17)16-26-13-7-10-19(26)27;/h3-4,8-9H,2,5-7,10-16H2,1H3,(H2,22,23,24);1H. The highest BCUT2D eigenvalue weighted by atomic mass is 127. The third-order valence-electron chi connectivity index (χ3n) is 5.27. The van der Waals surface area contributed by atoms with Crippen molar-refractivity contribution in [2.24, 2.45) is 4.99 Å². The van der Waals surface area contributed by atoms with Crippen LogP contribution in [0.5, 0.6) is 0 Å². The average molecular weight is 513 g/mol. The van der Waals surface area contributed by atoms with E-state index in [0.29, 0.717) is 25.5 Å². The summed E-state index contributed by atoms with van der Waals surface area (Å²) in [7, 11) is 0. The van der Waals surface area contributed by atoms with Gasteiger partial charge in [-0.3, -0.25) is 9.59 Å². The molecule has 29 heavy (non-hydrogen) atoms. The van der Waals surface area contributed by atoms with Crippen LogP contribution in [-0.4, -0.2) is 60.3 Å². The van der Waals surface area contributed by atoms with Crippen molar-refractivity contribution in [3.8, 4) is 0 Å². The fourth-order valence-electron chi connectivity index (χ4n) is 3.69. The van der Waals surface area contributed by atoms with E-state index in [0.717, 1.165) is 56.6 Å². The van der Waals surface area contributed by atoms with Crippen molar-refractivity contribution in [1.29, 1.82) is 0 Å². The number of rotatable bonds is 7. The second-order valence-corrected chi connectivity index (χ2v) is 7.32. The Hall–Kier alpha value is -1.84. The Morgan fingerprint density at radius 2 is 1.79 bits per heavy atom. The van der Waals surface area contributed by atoms with Gasteiger partial charge in [-0.15, -0.1) is 24.0 Å². The highest BCUT2D eigenvalue weighted by Crippen LogP contribution is 2.17. The number of hydrogen-bond donors (Lipinski definition) is 2. The number of amides is 2. The van der Waals surface area contributed by atoms with Crippen LogP contribution in [0.3, 0.4) is 0 Å². The molecule has 0 radical (unpaired) electrons. The molecule has 3 rings (SSSR count). The lowest BCUT2D eigenvalue weighted by molar-refractivity contribution is -0.129. The predicted octanol–water partition coefficient (Wildman–Crippen LogP) is 2.10. The SMILES string of the molecule is CCNC(=NCc1ccccc1CN1CCCC1=O)NCC(=O)N1CCCC1.I. The van der Waals surface area contributed by atoms with Crippen molar-refractivity contribution < 1.29 is 9.59 Å². The molecule has 1 aromatic rings. The van der Waals surface area contributed by atoms with Crippen molar-refractivity contribution in [2.45, 2.75) is 45.7 Å². The molecule has 2 aliphatic rings.